The Labute approximate surface area is 178 Å². The van der Waals surface area contributed by atoms with Gasteiger partial charge in [0.2, 0.25) is 5.91 Å². The van der Waals surface area contributed by atoms with Gasteiger partial charge in [0.25, 0.3) is 0 Å². The second kappa shape index (κ2) is 8.73. The van der Waals surface area contributed by atoms with Gasteiger partial charge in [-0.25, -0.2) is 4.68 Å². The van der Waals surface area contributed by atoms with Gasteiger partial charge in [-0.2, -0.15) is 0 Å². The Morgan fingerprint density at radius 1 is 1.15 bits per heavy atom. The number of aromatic nitrogens is 2. The highest BCUT2D eigenvalue weighted by Crippen LogP contribution is 2.27. The van der Waals surface area contributed by atoms with E-state index in [-0.39, 0.29) is 11.7 Å². The molecule has 1 heterocycles. The van der Waals surface area contributed by atoms with Crippen LogP contribution < -0.4 is 5.32 Å². The van der Waals surface area contributed by atoms with Crippen molar-refractivity contribution in [1.82, 2.24) is 9.78 Å². The number of rotatable bonds is 5. The van der Waals surface area contributed by atoms with Gasteiger partial charge in [-0.15, -0.1) is 5.10 Å². The van der Waals surface area contributed by atoms with Gasteiger partial charge in [-0.05, 0) is 54.7 Å². The van der Waals surface area contributed by atoms with Crippen LogP contribution in [0.1, 0.15) is 0 Å². The molecule has 0 unspecified atom stereocenters. The van der Waals surface area contributed by atoms with Gasteiger partial charge in [0.05, 0.1) is 22.2 Å². The smallest absolute Gasteiger partial charge is 0.234 e. The van der Waals surface area contributed by atoms with Gasteiger partial charge in [0.1, 0.15) is 0 Å². The van der Waals surface area contributed by atoms with Crippen molar-refractivity contribution < 1.29 is 4.79 Å². The first-order valence-electron chi connectivity index (χ1n) is 7.16. The van der Waals surface area contributed by atoms with E-state index in [1.807, 2.05) is 12.1 Å². The van der Waals surface area contributed by atoms with Gasteiger partial charge in [-0.1, -0.05) is 57.9 Å². The van der Waals surface area contributed by atoms with E-state index in [9.17, 15) is 4.79 Å². The highest BCUT2D eigenvalue weighted by molar-refractivity contribution is 8.01. The highest BCUT2D eigenvalue weighted by atomic mass is 35.5. The lowest BCUT2D eigenvalue weighted by Gasteiger charge is -2.06. The number of nitrogens with zero attached hydrogens (tertiary/aromatic N) is 2. The summed E-state index contributed by atoms with van der Waals surface area (Å²) in [7, 11) is 0. The molecule has 3 aromatic rings. The summed E-state index contributed by atoms with van der Waals surface area (Å²) >= 11 is 25.8. The molecule has 3 rings (SSSR count). The molecule has 0 aliphatic rings. The third kappa shape index (κ3) is 5.00. The van der Waals surface area contributed by atoms with Crippen molar-refractivity contribution in [2.24, 2.45) is 0 Å². The largest absolute Gasteiger partial charge is 0.324 e. The molecule has 10 heteroatoms. The van der Waals surface area contributed by atoms with Gasteiger partial charge in [-0.3, -0.25) is 4.79 Å². The first kappa shape index (κ1) is 19.7. The molecule has 0 aliphatic carbocycles. The first-order valence-corrected chi connectivity index (χ1v) is 10.5. The fourth-order valence-electron chi connectivity index (χ4n) is 1.97. The first-order chi connectivity index (χ1) is 12.4. The van der Waals surface area contributed by atoms with Crippen LogP contribution in [0.2, 0.25) is 15.1 Å². The van der Waals surface area contributed by atoms with Crippen LogP contribution in [0.3, 0.4) is 0 Å². The van der Waals surface area contributed by atoms with Crippen LogP contribution in [0, 0.1) is 3.95 Å². The average molecular weight is 463 g/mol. The minimum Gasteiger partial charge on any atom is -0.324 e. The summed E-state index contributed by atoms with van der Waals surface area (Å²) in [5, 5.41) is 8.74. The second-order valence-electron chi connectivity index (χ2n) is 4.98. The Morgan fingerprint density at radius 2 is 1.85 bits per heavy atom. The van der Waals surface area contributed by atoms with Crippen molar-refractivity contribution in [3.63, 3.8) is 0 Å². The summed E-state index contributed by atoms with van der Waals surface area (Å²) in [6.45, 7) is 0. The summed E-state index contributed by atoms with van der Waals surface area (Å²) < 4.78 is 2.93. The molecule has 4 nitrogen and oxygen atoms in total. The maximum Gasteiger partial charge on any atom is 0.234 e. The SMILES string of the molecule is O=C(CSc1nn(-c2ccc(Cl)cc2)c(=S)s1)Nc1cc(Cl)ccc1Cl. The molecule has 0 fully saturated rings. The van der Waals surface area contributed by atoms with E-state index >= 15 is 0 Å². The third-order valence-corrected chi connectivity index (χ3v) is 6.31. The number of benzene rings is 2. The molecular weight excluding hydrogens is 453 g/mol. The molecule has 26 heavy (non-hydrogen) atoms. The summed E-state index contributed by atoms with van der Waals surface area (Å²) in [4.78, 5) is 12.1. The fraction of sp³-hybridized carbons (Fsp3) is 0.0625. The Morgan fingerprint density at radius 3 is 2.58 bits per heavy atom. The van der Waals surface area contributed by atoms with Crippen molar-refractivity contribution in [3.05, 3.63) is 61.5 Å². The highest BCUT2D eigenvalue weighted by Gasteiger charge is 2.11. The molecule has 0 saturated heterocycles. The number of hydrogen-bond donors (Lipinski definition) is 1. The van der Waals surface area contributed by atoms with Crippen LogP contribution in [-0.4, -0.2) is 21.4 Å². The van der Waals surface area contributed by atoms with E-state index in [4.69, 9.17) is 47.0 Å². The zero-order valence-corrected chi connectivity index (χ0v) is 17.6. The average Bonchev–Trinajstić information content (AvgIpc) is 2.98. The van der Waals surface area contributed by atoms with E-state index in [0.29, 0.717) is 29.0 Å². The van der Waals surface area contributed by atoms with Crippen LogP contribution >= 0.6 is 70.1 Å². The zero-order valence-electron chi connectivity index (χ0n) is 12.9. The maximum absolute atomic E-state index is 12.1. The van der Waals surface area contributed by atoms with Crippen LogP contribution in [0.5, 0.6) is 0 Å². The molecule has 0 spiro atoms. The summed E-state index contributed by atoms with van der Waals surface area (Å²) in [6.07, 6.45) is 0. The molecule has 0 bridgehead atoms. The molecule has 1 N–H and O–H groups in total. The number of halogens is 3. The number of nitrogens with one attached hydrogen (secondary N) is 1. The number of thioether (sulfide) groups is 1. The van der Waals surface area contributed by atoms with Crippen LogP contribution in [-0.2, 0) is 4.79 Å². The Bertz CT molecular complexity index is 1000. The minimum absolute atomic E-state index is 0.172. The molecule has 2 aromatic carbocycles. The predicted octanol–water partition coefficient (Wildman–Crippen LogP) is 6.35. The second-order valence-corrected chi connectivity index (χ2v) is 9.11. The molecule has 0 aliphatic heterocycles. The normalized spacial score (nSPS) is 10.7. The molecule has 0 atom stereocenters. The lowest BCUT2D eigenvalue weighted by Crippen LogP contribution is -2.14. The number of anilines is 1. The Kier molecular flexibility index (Phi) is 6.60. The van der Waals surface area contributed by atoms with Crippen molar-refractivity contribution >= 4 is 81.7 Å². The van der Waals surface area contributed by atoms with Crippen molar-refractivity contribution in [3.8, 4) is 5.69 Å². The van der Waals surface area contributed by atoms with Crippen LogP contribution in [0.25, 0.3) is 5.69 Å². The van der Waals surface area contributed by atoms with Gasteiger partial charge < -0.3 is 5.32 Å². The topological polar surface area (TPSA) is 46.9 Å². The molecule has 0 saturated carbocycles. The molecule has 134 valence electrons. The lowest BCUT2D eigenvalue weighted by atomic mass is 10.3. The van der Waals surface area contributed by atoms with Gasteiger partial charge >= 0.3 is 0 Å². The molecule has 1 aromatic heterocycles. The number of amides is 1. The zero-order chi connectivity index (χ0) is 18.7. The van der Waals surface area contributed by atoms with Gasteiger partial charge in [0, 0.05) is 10.0 Å². The van der Waals surface area contributed by atoms with E-state index in [1.165, 1.54) is 23.1 Å². The van der Waals surface area contributed by atoms with Crippen LogP contribution in [0.15, 0.2) is 46.8 Å². The molecule has 1 amide bonds. The monoisotopic (exact) mass is 461 g/mol. The quantitative estimate of drug-likeness (QED) is 0.354. The van der Waals surface area contributed by atoms with E-state index < -0.39 is 0 Å². The number of carbonyl (C=O) groups is 1. The van der Waals surface area contributed by atoms with Gasteiger partial charge in [0.15, 0.2) is 8.29 Å². The molecule has 0 radical (unpaired) electrons. The van der Waals surface area contributed by atoms with Crippen molar-refractivity contribution in [2.75, 3.05) is 11.1 Å². The number of hydrogen-bond acceptors (Lipinski definition) is 5. The standard InChI is InChI=1S/C16H10Cl3N3OS3/c17-9-1-4-11(5-2-9)22-16(24)26-15(21-22)25-8-14(23)20-13-7-10(18)3-6-12(13)19/h1-7H,8H2,(H,20,23). The summed E-state index contributed by atoms with van der Waals surface area (Å²) in [5.41, 5.74) is 1.29. The summed E-state index contributed by atoms with van der Waals surface area (Å²) in [5.74, 6) is -0.0375. The fourth-order valence-corrected chi connectivity index (χ4v) is 4.60. The van der Waals surface area contributed by atoms with E-state index in [0.717, 1.165) is 5.69 Å². The third-order valence-electron chi connectivity index (χ3n) is 3.13. The number of carbonyl (C=O) groups excluding carboxylic acids is 1. The van der Waals surface area contributed by atoms with E-state index in [1.54, 1.807) is 35.0 Å². The minimum atomic E-state index is -0.210. The molecular formula is C16H10Cl3N3OS3. The maximum atomic E-state index is 12.1. The predicted molar refractivity (Wildman–Crippen MR) is 113 cm³/mol. The Hall–Kier alpha value is -1.09. The van der Waals surface area contributed by atoms with Crippen LogP contribution in [0.4, 0.5) is 5.69 Å². The van der Waals surface area contributed by atoms with E-state index in [2.05, 4.69) is 10.4 Å². The Balaban J connectivity index is 1.65. The lowest BCUT2D eigenvalue weighted by molar-refractivity contribution is -0.113. The summed E-state index contributed by atoms with van der Waals surface area (Å²) in [6, 6.07) is 12.1. The van der Waals surface area contributed by atoms with Crippen molar-refractivity contribution in [2.45, 2.75) is 4.34 Å². The van der Waals surface area contributed by atoms with Crippen molar-refractivity contribution in [1.29, 1.82) is 0 Å².